The Labute approximate surface area is 218 Å². The molecule has 0 aliphatic carbocycles. The smallest absolute Gasteiger partial charge is 0.336 e. The van der Waals surface area contributed by atoms with E-state index < -0.39 is 28.7 Å². The van der Waals surface area contributed by atoms with Crippen LogP contribution < -0.4 is 4.74 Å². The van der Waals surface area contributed by atoms with Crippen molar-refractivity contribution in [2.24, 2.45) is 10.9 Å². The van der Waals surface area contributed by atoms with Crippen molar-refractivity contribution >= 4 is 23.3 Å². The predicted octanol–water partition coefficient (Wildman–Crippen LogP) is 3.28. The number of carbonyl (C=O) groups is 2. The van der Waals surface area contributed by atoms with Crippen molar-refractivity contribution in [1.82, 2.24) is 0 Å². The molecule has 0 N–H and O–H groups in total. The second kappa shape index (κ2) is 11.7. The first-order valence-electron chi connectivity index (χ1n) is 11.8. The Morgan fingerprint density at radius 3 is 2.58 bits per heavy atom. The first-order chi connectivity index (χ1) is 18.3. The lowest BCUT2D eigenvalue weighted by Crippen LogP contribution is -2.37. The van der Waals surface area contributed by atoms with Gasteiger partial charge < -0.3 is 18.9 Å². The number of esters is 2. The van der Waals surface area contributed by atoms with Gasteiger partial charge in [-0.15, -0.1) is 0 Å². The summed E-state index contributed by atoms with van der Waals surface area (Å²) in [6, 6.07) is 14.9. The van der Waals surface area contributed by atoms with Crippen LogP contribution in [0, 0.1) is 27.4 Å². The fourth-order valence-electron chi connectivity index (χ4n) is 4.34. The molecule has 2 aliphatic heterocycles. The van der Waals surface area contributed by atoms with E-state index in [-0.39, 0.29) is 47.6 Å². The molecule has 2 aromatic carbocycles. The predicted molar refractivity (Wildman–Crippen MR) is 133 cm³/mol. The van der Waals surface area contributed by atoms with E-state index in [4.69, 9.17) is 18.9 Å². The lowest BCUT2D eigenvalue weighted by Gasteiger charge is -2.30. The number of allylic oxidation sites excluding steroid dienone is 1. The number of nitro groups is 1. The molecule has 196 valence electrons. The van der Waals surface area contributed by atoms with Crippen LogP contribution in [-0.4, -0.2) is 55.6 Å². The molecule has 0 amide bonds. The van der Waals surface area contributed by atoms with Gasteiger partial charge in [0.15, 0.2) is 0 Å². The summed E-state index contributed by atoms with van der Waals surface area (Å²) >= 11 is 0. The normalized spacial score (nSPS) is 20.1. The van der Waals surface area contributed by atoms with Crippen LogP contribution in [0.15, 0.2) is 64.8 Å². The number of methoxy groups -OCH3 is 1. The largest absolute Gasteiger partial charge is 0.490 e. The number of nitriles is 1. The van der Waals surface area contributed by atoms with Gasteiger partial charge in [-0.3, -0.25) is 14.9 Å². The van der Waals surface area contributed by atoms with Gasteiger partial charge in [0.2, 0.25) is 0 Å². The zero-order valence-electron chi connectivity index (χ0n) is 20.8. The van der Waals surface area contributed by atoms with E-state index in [0.717, 1.165) is 25.7 Å². The van der Waals surface area contributed by atoms with Gasteiger partial charge in [-0.25, -0.2) is 9.79 Å². The Morgan fingerprint density at radius 2 is 1.95 bits per heavy atom. The fourth-order valence-corrected chi connectivity index (χ4v) is 4.34. The number of epoxide rings is 1. The van der Waals surface area contributed by atoms with Gasteiger partial charge in [0.05, 0.1) is 30.3 Å². The number of ether oxygens (including phenoxy) is 4. The highest BCUT2D eigenvalue weighted by molar-refractivity contribution is 6.14. The maximum atomic E-state index is 13.2. The summed E-state index contributed by atoms with van der Waals surface area (Å²) < 4.78 is 21.2. The van der Waals surface area contributed by atoms with Crippen LogP contribution >= 0.6 is 0 Å². The van der Waals surface area contributed by atoms with Crippen molar-refractivity contribution in [2.45, 2.75) is 25.4 Å². The molecule has 2 heterocycles. The minimum Gasteiger partial charge on any atom is -0.490 e. The minimum absolute atomic E-state index is 0.00606. The third kappa shape index (κ3) is 6.04. The topological polar surface area (TPSA) is 154 Å². The molecule has 3 atom stereocenters. The van der Waals surface area contributed by atoms with Crippen molar-refractivity contribution in [3.05, 3.63) is 81.0 Å². The molecular weight excluding hydrogens is 494 g/mol. The summed E-state index contributed by atoms with van der Waals surface area (Å²) in [7, 11) is 1.15. The third-order valence-electron chi connectivity index (χ3n) is 6.22. The Morgan fingerprint density at radius 1 is 1.21 bits per heavy atom. The summed E-state index contributed by atoms with van der Waals surface area (Å²) in [4.78, 5) is 40.9. The molecule has 1 saturated heterocycles. The zero-order valence-corrected chi connectivity index (χ0v) is 20.8. The number of hydrogen-bond acceptors (Lipinski definition) is 10. The Balaban J connectivity index is 1.51. The van der Waals surface area contributed by atoms with Gasteiger partial charge >= 0.3 is 11.9 Å². The van der Waals surface area contributed by atoms with Crippen molar-refractivity contribution < 1.29 is 33.5 Å². The highest BCUT2D eigenvalue weighted by Gasteiger charge is 2.44. The first kappa shape index (κ1) is 26.5. The Bertz CT molecular complexity index is 1340. The van der Waals surface area contributed by atoms with E-state index in [1.807, 2.05) is 30.3 Å². The number of nitro benzene ring substituents is 1. The van der Waals surface area contributed by atoms with Crippen LogP contribution in [0.1, 0.15) is 24.0 Å². The molecule has 2 aromatic rings. The number of carbonyl (C=O) groups excluding carboxylic acids is 2. The quantitative estimate of drug-likeness (QED) is 0.151. The van der Waals surface area contributed by atoms with Crippen molar-refractivity contribution in [1.29, 1.82) is 5.26 Å². The van der Waals surface area contributed by atoms with Gasteiger partial charge in [0.25, 0.3) is 5.69 Å². The summed E-state index contributed by atoms with van der Waals surface area (Å²) in [6.07, 6.45) is 1.14. The van der Waals surface area contributed by atoms with E-state index in [1.54, 1.807) is 0 Å². The lowest BCUT2D eigenvalue weighted by molar-refractivity contribution is -0.384. The van der Waals surface area contributed by atoms with E-state index in [9.17, 15) is 25.0 Å². The summed E-state index contributed by atoms with van der Waals surface area (Å²) in [5, 5.41) is 21.0. The molecule has 2 aliphatic rings. The SMILES string of the molecule is COC(=O)C1C(C#N)=NC(C)=C(C(=O)OCCOc2ccc(CC3CO3)cc2)C1c1cccc([N+](=O)[O-])c1. The molecule has 0 bridgehead atoms. The average Bonchev–Trinajstić information content (AvgIpc) is 3.74. The second-order valence-corrected chi connectivity index (χ2v) is 8.73. The number of aliphatic imine (C=N–C) groups is 1. The second-order valence-electron chi connectivity index (χ2n) is 8.73. The van der Waals surface area contributed by atoms with Crippen LogP contribution in [-0.2, 0) is 30.2 Å². The average molecular weight is 520 g/mol. The zero-order chi connectivity index (χ0) is 27.2. The van der Waals surface area contributed by atoms with Crippen LogP contribution in [0.25, 0.3) is 0 Å². The van der Waals surface area contributed by atoms with Crippen LogP contribution in [0.4, 0.5) is 5.69 Å². The number of rotatable bonds is 10. The monoisotopic (exact) mass is 519 g/mol. The highest BCUT2D eigenvalue weighted by atomic mass is 16.6. The molecule has 11 nitrogen and oxygen atoms in total. The Kier molecular flexibility index (Phi) is 8.13. The summed E-state index contributed by atoms with van der Waals surface area (Å²) in [6.45, 7) is 2.26. The van der Waals surface area contributed by atoms with Gasteiger partial charge in [0, 0.05) is 30.2 Å². The standard InChI is InChI=1S/C27H25N3O8/c1-16-23(27(32)37-11-10-36-20-8-6-17(7-9-20)12-21-15-38-21)24(18-4-3-5-19(13-18)30(33)34)25(26(31)35-2)22(14-28)29-16/h3-9,13,21,24-25H,10-12,15H2,1-2H3. The van der Waals surface area contributed by atoms with Crippen LogP contribution in [0.3, 0.4) is 0 Å². The molecule has 0 spiro atoms. The fraction of sp³-hybridized carbons (Fsp3) is 0.333. The lowest BCUT2D eigenvalue weighted by atomic mass is 9.75. The molecule has 1 fully saturated rings. The molecular formula is C27H25N3O8. The van der Waals surface area contributed by atoms with E-state index in [0.29, 0.717) is 5.75 Å². The van der Waals surface area contributed by atoms with E-state index in [1.165, 1.54) is 31.2 Å². The molecule has 3 unspecified atom stereocenters. The van der Waals surface area contributed by atoms with Crippen molar-refractivity contribution in [3.8, 4) is 11.8 Å². The van der Waals surface area contributed by atoms with Gasteiger partial charge in [-0.05, 0) is 30.2 Å². The number of hydrogen-bond donors (Lipinski definition) is 0. The summed E-state index contributed by atoms with van der Waals surface area (Å²) in [5.41, 5.74) is 1.18. The number of non-ortho nitro benzene ring substituents is 1. The first-order valence-corrected chi connectivity index (χ1v) is 11.8. The number of nitrogens with zero attached hydrogens (tertiary/aromatic N) is 3. The van der Waals surface area contributed by atoms with Crippen molar-refractivity contribution in [2.75, 3.05) is 26.9 Å². The Hall–Kier alpha value is -4.56. The molecule has 38 heavy (non-hydrogen) atoms. The number of benzene rings is 2. The molecule has 0 aromatic heterocycles. The van der Waals surface area contributed by atoms with Gasteiger partial charge in [-0.1, -0.05) is 24.3 Å². The van der Waals surface area contributed by atoms with Crippen LogP contribution in [0.5, 0.6) is 5.75 Å². The highest BCUT2D eigenvalue weighted by Crippen LogP contribution is 2.41. The van der Waals surface area contributed by atoms with E-state index in [2.05, 4.69) is 4.99 Å². The van der Waals surface area contributed by atoms with Gasteiger partial charge in [-0.2, -0.15) is 5.26 Å². The maximum Gasteiger partial charge on any atom is 0.336 e. The molecule has 4 rings (SSSR count). The van der Waals surface area contributed by atoms with Gasteiger partial charge in [0.1, 0.15) is 36.7 Å². The summed E-state index contributed by atoms with van der Waals surface area (Å²) in [5.74, 6) is -3.34. The van der Waals surface area contributed by atoms with Crippen molar-refractivity contribution in [3.63, 3.8) is 0 Å². The molecule has 11 heteroatoms. The molecule has 0 radical (unpaired) electrons. The maximum absolute atomic E-state index is 13.2. The minimum atomic E-state index is -1.28. The van der Waals surface area contributed by atoms with Crippen LogP contribution in [0.2, 0.25) is 0 Å². The molecule has 0 saturated carbocycles. The van der Waals surface area contributed by atoms with E-state index >= 15 is 0 Å². The third-order valence-corrected chi connectivity index (χ3v) is 6.22.